The first-order chi connectivity index (χ1) is 13.3. The molecule has 2 aliphatic heterocycles. The minimum atomic E-state index is -0.00754. The molecule has 0 bridgehead atoms. The molecule has 4 heterocycles. The molecule has 1 amide bonds. The van der Waals surface area contributed by atoms with Crippen molar-refractivity contribution in [2.45, 2.75) is 57.9 Å². The lowest BCUT2D eigenvalue weighted by Gasteiger charge is -2.32. The maximum atomic E-state index is 13.1. The van der Waals surface area contributed by atoms with Crippen LogP contribution in [0.5, 0.6) is 5.88 Å². The van der Waals surface area contributed by atoms with Gasteiger partial charge in [-0.1, -0.05) is 6.42 Å². The van der Waals surface area contributed by atoms with E-state index in [1.165, 1.54) is 19.3 Å². The molecule has 1 atom stereocenters. The number of ether oxygens (including phenoxy) is 1. The fraction of sp³-hybridized carbons (Fsp3) is 0.600. The van der Waals surface area contributed by atoms with Crippen molar-refractivity contribution in [3.8, 4) is 5.88 Å². The second kappa shape index (κ2) is 8.06. The second-order valence-corrected chi connectivity index (χ2v) is 7.32. The molecule has 1 fully saturated rings. The van der Waals surface area contributed by atoms with Crippen LogP contribution in [-0.4, -0.2) is 50.3 Å². The van der Waals surface area contributed by atoms with Gasteiger partial charge in [-0.25, -0.2) is 4.98 Å². The monoisotopic (exact) mass is 369 g/mol. The summed E-state index contributed by atoms with van der Waals surface area (Å²) in [6.07, 6.45) is 8.31. The minimum Gasteiger partial charge on any atom is -0.477 e. The van der Waals surface area contributed by atoms with Crippen LogP contribution in [0.3, 0.4) is 0 Å². The summed E-state index contributed by atoms with van der Waals surface area (Å²) in [4.78, 5) is 19.3. The van der Waals surface area contributed by atoms with E-state index in [-0.39, 0.29) is 11.8 Å². The molecule has 2 aromatic rings. The molecule has 0 N–H and O–H groups in total. The van der Waals surface area contributed by atoms with E-state index in [0.717, 1.165) is 44.0 Å². The van der Waals surface area contributed by atoms with Crippen LogP contribution >= 0.6 is 0 Å². The quantitative estimate of drug-likeness (QED) is 0.829. The number of aryl methyl sites for hydroxylation is 1. The van der Waals surface area contributed by atoms with E-state index in [1.807, 2.05) is 11.8 Å². The molecule has 0 saturated carbocycles. The minimum absolute atomic E-state index is 0.00754. The van der Waals surface area contributed by atoms with Gasteiger partial charge in [0, 0.05) is 38.2 Å². The Kier molecular flexibility index (Phi) is 5.36. The molecule has 0 aliphatic carbocycles. The lowest BCUT2D eigenvalue weighted by atomic mass is 9.96. The number of hydrogen-bond donors (Lipinski definition) is 0. The average Bonchev–Trinajstić information content (AvgIpc) is 2.96. The second-order valence-electron chi connectivity index (χ2n) is 7.32. The molecule has 7 heteroatoms. The van der Waals surface area contributed by atoms with Crippen LogP contribution in [0.4, 0.5) is 0 Å². The number of fused-ring (bicyclic) bond motifs is 1. The molecule has 1 saturated heterocycles. The summed E-state index contributed by atoms with van der Waals surface area (Å²) in [5, 5.41) is 8.95. The summed E-state index contributed by atoms with van der Waals surface area (Å²) in [6.45, 7) is 4.83. The van der Waals surface area contributed by atoms with Crippen LogP contribution in [0.1, 0.15) is 67.0 Å². The maximum Gasteiger partial charge on any atom is 0.259 e. The van der Waals surface area contributed by atoms with Crippen molar-refractivity contribution in [1.82, 2.24) is 24.6 Å². The smallest absolute Gasteiger partial charge is 0.259 e. The van der Waals surface area contributed by atoms with Gasteiger partial charge in [0.15, 0.2) is 0 Å². The van der Waals surface area contributed by atoms with Gasteiger partial charge in [-0.05, 0) is 44.7 Å². The largest absolute Gasteiger partial charge is 0.477 e. The molecule has 1 unspecified atom stereocenters. The van der Waals surface area contributed by atoms with Gasteiger partial charge < -0.3 is 14.2 Å². The van der Waals surface area contributed by atoms with E-state index in [2.05, 4.69) is 19.7 Å². The zero-order chi connectivity index (χ0) is 18.6. The third kappa shape index (κ3) is 3.68. The normalized spacial score (nSPS) is 20.0. The number of carbonyl (C=O) groups excluding carboxylic acids is 1. The average molecular weight is 369 g/mol. The number of piperidine rings is 1. The predicted octanol–water partition coefficient (Wildman–Crippen LogP) is 2.82. The van der Waals surface area contributed by atoms with Gasteiger partial charge in [0.05, 0.1) is 6.61 Å². The van der Waals surface area contributed by atoms with E-state index >= 15 is 0 Å². The number of pyridine rings is 1. The zero-order valence-corrected chi connectivity index (χ0v) is 15.9. The summed E-state index contributed by atoms with van der Waals surface area (Å²) in [5.74, 6) is 2.82. The fourth-order valence-electron chi connectivity index (χ4n) is 4.16. The molecule has 2 aliphatic rings. The molecular weight excluding hydrogens is 342 g/mol. The van der Waals surface area contributed by atoms with Crippen molar-refractivity contribution in [3.63, 3.8) is 0 Å². The predicted molar refractivity (Wildman–Crippen MR) is 101 cm³/mol. The summed E-state index contributed by atoms with van der Waals surface area (Å²) in [5.41, 5.74) is 0.542. The van der Waals surface area contributed by atoms with Gasteiger partial charge in [-0.15, -0.1) is 10.2 Å². The first kappa shape index (κ1) is 17.9. The van der Waals surface area contributed by atoms with Gasteiger partial charge in [-0.2, -0.15) is 0 Å². The summed E-state index contributed by atoms with van der Waals surface area (Å²) < 4.78 is 7.86. The number of aromatic nitrogens is 4. The van der Waals surface area contributed by atoms with E-state index in [0.29, 0.717) is 24.6 Å². The highest BCUT2D eigenvalue weighted by molar-refractivity contribution is 5.96. The van der Waals surface area contributed by atoms with Crippen molar-refractivity contribution >= 4 is 5.91 Å². The summed E-state index contributed by atoms with van der Waals surface area (Å²) in [7, 11) is 0. The Hall–Kier alpha value is -2.44. The number of nitrogens with zero attached hydrogens (tertiary/aromatic N) is 5. The molecular formula is C20H27N5O2. The molecule has 0 aromatic carbocycles. The third-order valence-corrected chi connectivity index (χ3v) is 5.49. The molecule has 4 rings (SSSR count). The Morgan fingerprint density at radius 2 is 2.15 bits per heavy atom. The van der Waals surface area contributed by atoms with Crippen LogP contribution in [0, 0.1) is 0 Å². The molecule has 7 nitrogen and oxygen atoms in total. The SMILES string of the molecule is CCOc1ncccc1C(=O)N1CCCC(c2nnc3n2CCCCC3)C1. The van der Waals surface area contributed by atoms with Gasteiger partial charge in [0.25, 0.3) is 5.91 Å². The maximum absolute atomic E-state index is 13.1. The van der Waals surface area contributed by atoms with Crippen molar-refractivity contribution in [1.29, 1.82) is 0 Å². The van der Waals surface area contributed by atoms with Crippen molar-refractivity contribution in [2.24, 2.45) is 0 Å². The molecule has 2 aromatic heterocycles. The topological polar surface area (TPSA) is 73.1 Å². The van der Waals surface area contributed by atoms with E-state index in [4.69, 9.17) is 4.74 Å². The lowest BCUT2D eigenvalue weighted by Crippen LogP contribution is -2.40. The van der Waals surface area contributed by atoms with Crippen LogP contribution in [0.2, 0.25) is 0 Å². The third-order valence-electron chi connectivity index (χ3n) is 5.49. The molecule has 144 valence electrons. The highest BCUT2D eigenvalue weighted by Gasteiger charge is 2.31. The highest BCUT2D eigenvalue weighted by Crippen LogP contribution is 2.29. The lowest BCUT2D eigenvalue weighted by molar-refractivity contribution is 0.0698. The first-order valence-corrected chi connectivity index (χ1v) is 10.1. The molecule has 0 spiro atoms. The van der Waals surface area contributed by atoms with E-state index in [1.54, 1.807) is 18.3 Å². The highest BCUT2D eigenvalue weighted by atomic mass is 16.5. The van der Waals surface area contributed by atoms with Gasteiger partial charge in [0.1, 0.15) is 17.2 Å². The first-order valence-electron chi connectivity index (χ1n) is 10.1. The van der Waals surface area contributed by atoms with Crippen molar-refractivity contribution in [2.75, 3.05) is 19.7 Å². The van der Waals surface area contributed by atoms with Crippen molar-refractivity contribution in [3.05, 3.63) is 35.5 Å². The Bertz CT molecular complexity index is 803. The standard InChI is InChI=1S/C20H27N5O2/c1-2-27-19-16(9-6-11-21-19)20(26)24-12-7-8-15(14-24)18-23-22-17-10-4-3-5-13-25(17)18/h6,9,11,15H,2-5,7-8,10,12-14H2,1H3. The van der Waals surface area contributed by atoms with Crippen LogP contribution in [0.25, 0.3) is 0 Å². The van der Waals surface area contributed by atoms with E-state index in [9.17, 15) is 4.79 Å². The number of carbonyl (C=O) groups is 1. The molecule has 0 radical (unpaired) electrons. The van der Waals surface area contributed by atoms with Gasteiger partial charge in [0.2, 0.25) is 5.88 Å². The summed E-state index contributed by atoms with van der Waals surface area (Å²) in [6, 6.07) is 3.59. The Morgan fingerprint density at radius 3 is 3.04 bits per heavy atom. The van der Waals surface area contributed by atoms with Gasteiger partial charge in [-0.3, -0.25) is 4.79 Å². The van der Waals surface area contributed by atoms with Crippen LogP contribution < -0.4 is 4.74 Å². The Balaban J connectivity index is 1.54. The Morgan fingerprint density at radius 1 is 1.22 bits per heavy atom. The molecule has 27 heavy (non-hydrogen) atoms. The summed E-state index contributed by atoms with van der Waals surface area (Å²) >= 11 is 0. The van der Waals surface area contributed by atoms with Crippen LogP contribution in [0.15, 0.2) is 18.3 Å². The number of hydrogen-bond acceptors (Lipinski definition) is 5. The van der Waals surface area contributed by atoms with Crippen LogP contribution in [-0.2, 0) is 13.0 Å². The Labute approximate surface area is 159 Å². The number of rotatable bonds is 4. The fourth-order valence-corrected chi connectivity index (χ4v) is 4.16. The van der Waals surface area contributed by atoms with Crippen molar-refractivity contribution < 1.29 is 9.53 Å². The number of amides is 1. The zero-order valence-electron chi connectivity index (χ0n) is 15.9. The van der Waals surface area contributed by atoms with E-state index < -0.39 is 0 Å². The van der Waals surface area contributed by atoms with Gasteiger partial charge >= 0.3 is 0 Å². The number of likely N-dealkylation sites (tertiary alicyclic amines) is 1.